The molecule has 6 nitrogen and oxygen atoms in total. The molecule has 30 heavy (non-hydrogen) atoms. The van der Waals surface area contributed by atoms with Gasteiger partial charge >= 0.3 is 0 Å². The van der Waals surface area contributed by atoms with E-state index < -0.39 is 10.0 Å². The van der Waals surface area contributed by atoms with Crippen molar-refractivity contribution in [2.75, 3.05) is 20.2 Å². The maximum absolute atomic E-state index is 13.2. The second-order valence-corrected chi connectivity index (χ2v) is 11.2. The summed E-state index contributed by atoms with van der Waals surface area (Å²) in [4.78, 5) is 13.3. The molecular formula is C23H34N2O4S. The number of nitrogens with one attached hydrogen (secondary N) is 1. The number of benzene rings is 1. The number of methoxy groups -OCH3 is 1. The average molecular weight is 435 g/mol. The van der Waals surface area contributed by atoms with Crippen LogP contribution in [0.25, 0.3) is 0 Å². The van der Waals surface area contributed by atoms with E-state index in [0.717, 1.165) is 31.6 Å². The molecule has 0 radical (unpaired) electrons. The quantitative estimate of drug-likeness (QED) is 0.739. The predicted molar refractivity (Wildman–Crippen MR) is 116 cm³/mol. The van der Waals surface area contributed by atoms with Crippen LogP contribution in [0.4, 0.5) is 0 Å². The molecule has 4 atom stereocenters. The van der Waals surface area contributed by atoms with Crippen LogP contribution < -0.4 is 10.1 Å². The van der Waals surface area contributed by atoms with Gasteiger partial charge in [0.15, 0.2) is 0 Å². The number of fused-ring (bicyclic) bond motifs is 2. The smallest absolute Gasteiger partial charge is 0.255 e. The first-order valence-electron chi connectivity index (χ1n) is 11.4. The Hall–Kier alpha value is -1.60. The monoisotopic (exact) mass is 434 g/mol. The number of hydrogen-bond acceptors (Lipinski definition) is 4. The first-order chi connectivity index (χ1) is 14.4. The SMILES string of the molecule is COc1ccc(S(=O)(=O)N2CCCCCC2)cc1C(=O)N[C@H](C)[C@H]1C[C@H]2CC[C@H]1C2. The predicted octanol–water partition coefficient (Wildman–Crippen LogP) is 3.81. The first-order valence-corrected chi connectivity index (χ1v) is 12.8. The summed E-state index contributed by atoms with van der Waals surface area (Å²) in [5, 5.41) is 3.14. The van der Waals surface area contributed by atoms with Gasteiger partial charge in [0.25, 0.3) is 5.91 Å². The lowest BCUT2D eigenvalue weighted by molar-refractivity contribution is 0.0912. The van der Waals surface area contributed by atoms with Gasteiger partial charge in [-0.25, -0.2) is 8.42 Å². The number of carbonyl (C=O) groups is 1. The molecule has 166 valence electrons. The van der Waals surface area contributed by atoms with Crippen molar-refractivity contribution < 1.29 is 17.9 Å². The molecule has 1 N–H and O–H groups in total. The minimum Gasteiger partial charge on any atom is -0.496 e. The zero-order chi connectivity index (χ0) is 21.3. The Kier molecular flexibility index (Phi) is 6.39. The van der Waals surface area contributed by atoms with E-state index in [1.165, 1.54) is 38.9 Å². The molecular weight excluding hydrogens is 400 g/mol. The highest BCUT2D eigenvalue weighted by Crippen LogP contribution is 2.49. The van der Waals surface area contributed by atoms with E-state index >= 15 is 0 Å². The van der Waals surface area contributed by atoms with E-state index in [9.17, 15) is 13.2 Å². The van der Waals surface area contributed by atoms with Crippen molar-refractivity contribution in [3.05, 3.63) is 23.8 Å². The van der Waals surface area contributed by atoms with E-state index in [2.05, 4.69) is 12.2 Å². The second-order valence-electron chi connectivity index (χ2n) is 9.28. The molecule has 0 spiro atoms. The minimum atomic E-state index is -3.62. The Bertz CT molecular complexity index is 877. The van der Waals surface area contributed by atoms with E-state index in [-0.39, 0.29) is 16.8 Å². The summed E-state index contributed by atoms with van der Waals surface area (Å²) in [6, 6.07) is 4.71. The molecule has 2 saturated carbocycles. The molecule has 3 aliphatic rings. The van der Waals surface area contributed by atoms with Gasteiger partial charge in [-0.1, -0.05) is 19.3 Å². The Labute approximate surface area is 180 Å². The van der Waals surface area contributed by atoms with Crippen molar-refractivity contribution in [1.82, 2.24) is 9.62 Å². The minimum absolute atomic E-state index is 0.0726. The summed E-state index contributed by atoms with van der Waals surface area (Å²) in [6.07, 6.45) is 8.94. The molecule has 3 fully saturated rings. The van der Waals surface area contributed by atoms with Gasteiger partial charge in [0.1, 0.15) is 5.75 Å². The third kappa shape index (κ3) is 4.24. The van der Waals surface area contributed by atoms with Crippen molar-refractivity contribution in [1.29, 1.82) is 0 Å². The van der Waals surface area contributed by atoms with Gasteiger partial charge in [0, 0.05) is 19.1 Å². The number of nitrogens with zero attached hydrogens (tertiary/aromatic N) is 1. The number of rotatable bonds is 6. The summed E-state index contributed by atoms with van der Waals surface area (Å²) < 4.78 is 33.3. The highest BCUT2D eigenvalue weighted by atomic mass is 32.2. The first kappa shape index (κ1) is 21.6. The molecule has 1 aromatic carbocycles. The van der Waals surface area contributed by atoms with E-state index in [1.54, 1.807) is 16.4 Å². The van der Waals surface area contributed by atoms with Gasteiger partial charge in [0.05, 0.1) is 17.6 Å². The van der Waals surface area contributed by atoms with Crippen LogP contribution >= 0.6 is 0 Å². The number of sulfonamides is 1. The van der Waals surface area contributed by atoms with Gasteiger partial charge in [-0.15, -0.1) is 0 Å². The zero-order valence-corrected chi connectivity index (χ0v) is 18.9. The largest absolute Gasteiger partial charge is 0.496 e. The number of amides is 1. The lowest BCUT2D eigenvalue weighted by Gasteiger charge is -2.28. The third-order valence-electron chi connectivity index (χ3n) is 7.41. The van der Waals surface area contributed by atoms with Crippen LogP contribution in [0.15, 0.2) is 23.1 Å². The summed E-state index contributed by atoms with van der Waals surface area (Å²) in [5.41, 5.74) is 0.295. The highest BCUT2D eigenvalue weighted by Gasteiger charge is 2.42. The van der Waals surface area contributed by atoms with Crippen molar-refractivity contribution in [2.24, 2.45) is 17.8 Å². The van der Waals surface area contributed by atoms with Crippen LogP contribution in [-0.2, 0) is 10.0 Å². The van der Waals surface area contributed by atoms with Crippen molar-refractivity contribution in [3.63, 3.8) is 0 Å². The molecule has 1 aliphatic heterocycles. The molecule has 1 saturated heterocycles. The molecule has 7 heteroatoms. The van der Waals surface area contributed by atoms with Crippen molar-refractivity contribution >= 4 is 15.9 Å². The second kappa shape index (κ2) is 8.87. The van der Waals surface area contributed by atoms with Crippen LogP contribution in [0.1, 0.15) is 68.6 Å². The molecule has 4 rings (SSSR count). The van der Waals surface area contributed by atoms with Crippen LogP contribution in [-0.4, -0.2) is 44.9 Å². The number of hydrogen-bond donors (Lipinski definition) is 1. The Morgan fingerprint density at radius 1 is 1.13 bits per heavy atom. The summed E-state index contributed by atoms with van der Waals surface area (Å²) in [5.74, 6) is 2.19. The van der Waals surface area contributed by atoms with Gasteiger partial charge in [0.2, 0.25) is 10.0 Å². The van der Waals surface area contributed by atoms with Crippen LogP contribution in [0, 0.1) is 17.8 Å². The highest BCUT2D eigenvalue weighted by molar-refractivity contribution is 7.89. The number of ether oxygens (including phenoxy) is 1. The van der Waals surface area contributed by atoms with Crippen molar-refractivity contribution in [2.45, 2.75) is 69.2 Å². The van der Waals surface area contributed by atoms with Crippen LogP contribution in [0.3, 0.4) is 0 Å². The molecule has 2 aliphatic carbocycles. The fourth-order valence-electron chi connectivity index (χ4n) is 5.75. The topological polar surface area (TPSA) is 75.7 Å². The molecule has 2 bridgehead atoms. The zero-order valence-electron chi connectivity index (χ0n) is 18.1. The van der Waals surface area contributed by atoms with E-state index in [1.807, 2.05) is 0 Å². The van der Waals surface area contributed by atoms with E-state index in [0.29, 0.717) is 36.2 Å². The summed E-state index contributed by atoms with van der Waals surface area (Å²) in [7, 11) is -2.11. The molecule has 0 aromatic heterocycles. The van der Waals surface area contributed by atoms with Crippen LogP contribution in [0.5, 0.6) is 5.75 Å². The van der Waals surface area contributed by atoms with Gasteiger partial charge in [-0.05, 0) is 75.0 Å². The fourth-order valence-corrected chi connectivity index (χ4v) is 7.30. The van der Waals surface area contributed by atoms with Crippen molar-refractivity contribution in [3.8, 4) is 5.75 Å². The Balaban J connectivity index is 1.54. The van der Waals surface area contributed by atoms with Gasteiger partial charge < -0.3 is 10.1 Å². The lowest BCUT2D eigenvalue weighted by atomic mass is 9.84. The van der Waals surface area contributed by atoms with Gasteiger partial charge in [-0.2, -0.15) is 4.31 Å². The standard InChI is InChI=1S/C23H34N2O4S/c1-16(20-14-17-7-8-18(20)13-17)24-23(26)21-15-19(9-10-22(21)29-2)30(27,28)25-11-5-3-4-6-12-25/h9-10,15-18,20H,3-8,11-14H2,1-2H3,(H,24,26)/t16-,17+,18+,20-/m1/s1. The molecule has 0 unspecified atom stereocenters. The Morgan fingerprint density at radius 2 is 1.87 bits per heavy atom. The number of carbonyl (C=O) groups excluding carboxylic acids is 1. The van der Waals surface area contributed by atoms with Crippen LogP contribution in [0.2, 0.25) is 0 Å². The summed E-state index contributed by atoms with van der Waals surface area (Å²) >= 11 is 0. The maximum Gasteiger partial charge on any atom is 0.255 e. The lowest BCUT2D eigenvalue weighted by Crippen LogP contribution is -2.40. The average Bonchev–Trinajstić information content (AvgIpc) is 3.27. The normalized spacial score (nSPS) is 28.1. The molecule has 1 amide bonds. The Morgan fingerprint density at radius 3 is 2.47 bits per heavy atom. The fraction of sp³-hybridized carbons (Fsp3) is 0.696. The molecule has 1 aromatic rings. The molecule has 1 heterocycles. The van der Waals surface area contributed by atoms with E-state index in [4.69, 9.17) is 4.74 Å². The third-order valence-corrected chi connectivity index (χ3v) is 9.31. The summed E-state index contributed by atoms with van der Waals surface area (Å²) in [6.45, 7) is 3.15. The van der Waals surface area contributed by atoms with Gasteiger partial charge in [-0.3, -0.25) is 4.79 Å². The maximum atomic E-state index is 13.2.